The molecule has 0 amide bonds. The summed E-state index contributed by atoms with van der Waals surface area (Å²) in [6.45, 7) is 3.41. The van der Waals surface area contributed by atoms with E-state index in [-0.39, 0.29) is 32.6 Å². The van der Waals surface area contributed by atoms with Crippen molar-refractivity contribution in [3.63, 3.8) is 0 Å². The zero-order chi connectivity index (χ0) is 74.3. The monoisotopic (exact) mass is 1430 g/mol. The summed E-state index contributed by atoms with van der Waals surface area (Å²) in [6, 6.07) is 0. The zero-order valence-corrected chi connectivity index (χ0v) is 64.8. The van der Waals surface area contributed by atoms with E-state index in [2.05, 4.69) is 305 Å². The summed E-state index contributed by atoms with van der Waals surface area (Å²) in [4.78, 5) is 35.4. The van der Waals surface area contributed by atoms with Gasteiger partial charge in [-0.05, 0) is 193 Å². The van der Waals surface area contributed by atoms with Crippen molar-refractivity contribution in [2.75, 3.05) is 26.4 Å². The van der Waals surface area contributed by atoms with Crippen molar-refractivity contribution >= 4 is 19.8 Å². The van der Waals surface area contributed by atoms with Crippen LogP contribution >= 0.6 is 7.82 Å². The van der Waals surface area contributed by atoms with Crippen LogP contribution < -0.4 is 5.73 Å². The average Bonchev–Trinajstić information content (AvgIpc) is 1.08. The van der Waals surface area contributed by atoms with E-state index in [0.717, 1.165) is 205 Å². The number of unbranched alkanes of at least 4 members (excludes halogenated alkanes) is 8. The number of phosphoric acid groups is 1. The van der Waals surface area contributed by atoms with Crippen LogP contribution in [-0.4, -0.2) is 49.3 Å². The maximum Gasteiger partial charge on any atom is 0.472 e. The second-order valence-corrected chi connectivity index (χ2v) is 25.9. The van der Waals surface area contributed by atoms with Gasteiger partial charge in [-0.25, -0.2) is 4.57 Å². The van der Waals surface area contributed by atoms with Gasteiger partial charge in [0.05, 0.1) is 13.2 Å². The molecule has 0 heterocycles. The second-order valence-electron chi connectivity index (χ2n) is 24.4. The molecule has 0 aromatic heterocycles. The molecule has 0 fully saturated rings. The summed E-state index contributed by atoms with van der Waals surface area (Å²) in [5.74, 6) is -0.911. The summed E-state index contributed by atoms with van der Waals surface area (Å²) < 4.78 is 33.2. The molecule has 0 aromatic carbocycles. The number of phosphoric ester groups is 1. The highest BCUT2D eigenvalue weighted by Gasteiger charge is 2.26. The average molecular weight is 1430 g/mol. The molecule has 2 unspecified atom stereocenters. The molecule has 103 heavy (non-hydrogen) atoms. The van der Waals surface area contributed by atoms with Gasteiger partial charge in [-0.1, -0.05) is 331 Å². The first-order chi connectivity index (χ1) is 50.8. The van der Waals surface area contributed by atoms with Gasteiger partial charge < -0.3 is 20.1 Å². The molecule has 3 N–H and O–H groups in total. The van der Waals surface area contributed by atoms with Crippen LogP contribution in [0, 0.1) is 0 Å². The van der Waals surface area contributed by atoms with Crippen LogP contribution in [-0.2, 0) is 32.7 Å². The molecule has 0 saturated carbocycles. The Hall–Kier alpha value is -7.23. The highest BCUT2D eigenvalue weighted by Crippen LogP contribution is 2.43. The van der Waals surface area contributed by atoms with Crippen molar-refractivity contribution in [1.29, 1.82) is 0 Å². The molecule has 568 valence electrons. The Balaban J connectivity index is 4.10. The molecule has 0 bridgehead atoms. The number of carbonyl (C=O) groups excluding carboxylic acids is 2. The fourth-order valence-corrected chi connectivity index (χ4v) is 10.1. The lowest BCUT2D eigenvalue weighted by atomic mass is 10.1. The Kier molecular flexibility index (Phi) is 77.8. The van der Waals surface area contributed by atoms with E-state index in [1.54, 1.807) is 0 Å². The van der Waals surface area contributed by atoms with Gasteiger partial charge in [0.2, 0.25) is 0 Å². The predicted molar refractivity (Wildman–Crippen MR) is 449 cm³/mol. The first-order valence-corrected chi connectivity index (χ1v) is 40.6. The third-order valence-corrected chi connectivity index (χ3v) is 16.0. The van der Waals surface area contributed by atoms with E-state index in [1.165, 1.54) is 0 Å². The fourth-order valence-electron chi connectivity index (χ4n) is 9.30. The lowest BCUT2D eigenvalue weighted by Crippen LogP contribution is -2.29. The molecule has 0 spiro atoms. The van der Waals surface area contributed by atoms with Crippen molar-refractivity contribution in [3.8, 4) is 0 Å². The van der Waals surface area contributed by atoms with Gasteiger partial charge in [0.25, 0.3) is 0 Å². The van der Waals surface area contributed by atoms with E-state index < -0.39 is 32.5 Å². The number of esters is 2. The summed E-state index contributed by atoms with van der Waals surface area (Å²) in [6.07, 6.45) is 138. The molecule has 0 saturated heterocycles. The minimum Gasteiger partial charge on any atom is -0.462 e. The molecule has 0 aliphatic carbocycles. The Morgan fingerprint density at radius 2 is 0.505 bits per heavy atom. The molecule has 10 heteroatoms. The third kappa shape index (κ3) is 83.6. The third-order valence-electron chi connectivity index (χ3n) is 15.0. The SMILES string of the molecule is CC/C=C\C/C=C\C/C=C\C/C=C\C/C=C\C/C=C\C/C=C\C/C=C\C/C=C\C/C=C\C/C=C\C/C=C\CCCCCCC(=O)OCC(COP(=O)(O)OCCN)OC(=O)CCCCCC/C=C\C/C=C\C/C=C\C/C=C\C/C=C\C/C=C\C/C=C\C/C=C\C/C=C\C/C=C\C/C=C\C/C=C\CC. The molecular formula is C93H138NO8P. The van der Waals surface area contributed by atoms with Crippen molar-refractivity contribution in [2.24, 2.45) is 5.73 Å². The molecule has 0 radical (unpaired) electrons. The van der Waals surface area contributed by atoms with Crippen molar-refractivity contribution in [3.05, 3.63) is 292 Å². The van der Waals surface area contributed by atoms with Crippen LogP contribution in [0.4, 0.5) is 0 Å². The molecule has 0 aromatic rings. The van der Waals surface area contributed by atoms with Crippen molar-refractivity contribution in [2.45, 2.75) is 251 Å². The summed E-state index contributed by atoms with van der Waals surface area (Å²) in [7, 11) is -4.43. The van der Waals surface area contributed by atoms with E-state index in [4.69, 9.17) is 24.3 Å². The zero-order valence-electron chi connectivity index (χ0n) is 63.9. The second kappa shape index (κ2) is 83.7. The van der Waals surface area contributed by atoms with Gasteiger partial charge in [0.1, 0.15) is 6.61 Å². The quantitative estimate of drug-likeness (QED) is 0.0264. The van der Waals surface area contributed by atoms with Gasteiger partial charge in [-0.15, -0.1) is 0 Å². The number of ether oxygens (including phenoxy) is 2. The van der Waals surface area contributed by atoms with Gasteiger partial charge in [0, 0.05) is 19.4 Å². The number of hydrogen-bond acceptors (Lipinski definition) is 8. The van der Waals surface area contributed by atoms with Crippen molar-refractivity contribution in [1.82, 2.24) is 0 Å². The summed E-state index contributed by atoms with van der Waals surface area (Å²) in [5, 5.41) is 0. The predicted octanol–water partition coefficient (Wildman–Crippen LogP) is 27.0. The maximum atomic E-state index is 12.8. The maximum absolute atomic E-state index is 12.8. The summed E-state index contributed by atoms with van der Waals surface area (Å²) >= 11 is 0. The van der Waals surface area contributed by atoms with Crippen molar-refractivity contribution < 1.29 is 37.6 Å². The number of allylic oxidation sites excluding steroid dienone is 48. The van der Waals surface area contributed by atoms with Gasteiger partial charge >= 0.3 is 19.8 Å². The molecule has 0 rings (SSSR count). The largest absolute Gasteiger partial charge is 0.472 e. The highest BCUT2D eigenvalue weighted by molar-refractivity contribution is 7.47. The number of rotatable bonds is 69. The fraction of sp³-hybridized carbons (Fsp3) is 0.462. The first kappa shape index (κ1) is 95.8. The van der Waals surface area contributed by atoms with Crippen LogP contribution in [0.25, 0.3) is 0 Å². The van der Waals surface area contributed by atoms with Crippen LogP contribution in [0.3, 0.4) is 0 Å². The topological polar surface area (TPSA) is 134 Å². The highest BCUT2D eigenvalue weighted by atomic mass is 31.2. The van der Waals surface area contributed by atoms with Crippen LogP contribution in [0.2, 0.25) is 0 Å². The Bertz CT molecular complexity index is 2810. The molecule has 0 aliphatic rings. The van der Waals surface area contributed by atoms with Crippen LogP contribution in [0.15, 0.2) is 292 Å². The Morgan fingerprint density at radius 3 is 0.738 bits per heavy atom. The van der Waals surface area contributed by atoms with E-state index in [9.17, 15) is 19.0 Å². The van der Waals surface area contributed by atoms with Gasteiger partial charge in [-0.3, -0.25) is 18.6 Å². The van der Waals surface area contributed by atoms with Gasteiger partial charge in [0.15, 0.2) is 6.10 Å². The minimum absolute atomic E-state index is 0.0291. The smallest absolute Gasteiger partial charge is 0.462 e. The molecular weight excluding hydrogens is 1290 g/mol. The lowest BCUT2D eigenvalue weighted by molar-refractivity contribution is -0.161. The van der Waals surface area contributed by atoms with Crippen LogP contribution in [0.5, 0.6) is 0 Å². The first-order valence-electron chi connectivity index (χ1n) is 39.1. The number of nitrogens with two attached hydrogens (primary N) is 1. The van der Waals surface area contributed by atoms with Gasteiger partial charge in [-0.2, -0.15) is 0 Å². The number of hydrogen-bond donors (Lipinski definition) is 2. The van der Waals surface area contributed by atoms with E-state index in [1.807, 2.05) is 0 Å². The number of carbonyl (C=O) groups is 2. The minimum atomic E-state index is -4.43. The lowest BCUT2D eigenvalue weighted by Gasteiger charge is -2.19. The summed E-state index contributed by atoms with van der Waals surface area (Å²) in [5.41, 5.74) is 5.40. The Labute approximate surface area is 628 Å². The molecule has 2 atom stereocenters. The molecule has 0 aliphatic heterocycles. The van der Waals surface area contributed by atoms with E-state index >= 15 is 0 Å². The standard InChI is InChI=1S/C93H138NO8P/c1-3-5-7-9-11-13-15-17-19-21-23-25-27-29-31-33-35-37-39-41-43-45-47-49-51-53-55-57-59-61-63-65-67-69-71-73-75-77-79-81-83-85-92(95)99-89-91(90-101-103(97,98)100-88-87-94)102-93(96)86-84-82-80-78-76-74-72-70-68-66-64-62-60-58-56-54-52-50-48-46-44-42-40-38-36-34-32-30-28-26-24-22-20-18-16-14-12-10-8-6-4-2/h5-8,11-14,17-20,23-26,29-32,35-38,41-44,47-50,53-56,59-62,65-68,71-74,91H,3-4,9-10,15-16,21-22,27-28,33-34,39-40,45-46,51-52,57-58,63-64,69-70,75-90,94H2,1-2H3,(H,97,98)/b7-5-,8-6-,13-11-,14-12-,19-17-,20-18-,25-23-,26-24-,31-29-,32-30-,37-35-,38-36-,43-41-,44-42-,49-47-,50-48-,55-53-,56-54-,61-59-,62-60-,67-65-,68-66-,73-71-,74-72-. The van der Waals surface area contributed by atoms with Crippen LogP contribution in [0.1, 0.15) is 245 Å². The normalized spacial score (nSPS) is 14.5. The Morgan fingerprint density at radius 1 is 0.291 bits per heavy atom. The van der Waals surface area contributed by atoms with E-state index in [0.29, 0.717) is 12.8 Å². The molecule has 9 nitrogen and oxygen atoms in total.